The zero-order chi connectivity index (χ0) is 62.9. The highest BCUT2D eigenvalue weighted by atomic mass is 16.8. The van der Waals surface area contributed by atoms with Gasteiger partial charge in [-0.05, 0) is 41.5 Å². The molecular formula is C57H71NO28. The first-order valence-corrected chi connectivity index (χ1v) is 27.5. The van der Waals surface area contributed by atoms with Gasteiger partial charge in [0.05, 0.1) is 0 Å². The van der Waals surface area contributed by atoms with E-state index in [2.05, 4.69) is 5.32 Å². The van der Waals surface area contributed by atoms with E-state index in [-0.39, 0.29) is 38.4 Å². The summed E-state index contributed by atoms with van der Waals surface area (Å²) in [6, 6.07) is 14.0. The van der Waals surface area contributed by atoms with E-state index in [1.807, 2.05) is 48.5 Å². The van der Waals surface area contributed by atoms with Crippen LogP contribution in [0.3, 0.4) is 0 Å². The lowest BCUT2D eigenvalue weighted by molar-refractivity contribution is -0.373. The molecule has 2 N–H and O–H groups in total. The van der Waals surface area contributed by atoms with Gasteiger partial charge < -0.3 is 86.2 Å². The smallest absolute Gasteiger partial charge is 0.407 e. The number of unbranched alkanes of at least 4 members (excludes halogenated alkanes) is 1. The molecule has 86 heavy (non-hydrogen) atoms. The Bertz CT molecular complexity index is 2720. The van der Waals surface area contributed by atoms with Gasteiger partial charge in [-0.15, -0.1) is 0 Å². The largest absolute Gasteiger partial charge is 0.480 e. The van der Waals surface area contributed by atoms with Crippen LogP contribution >= 0.6 is 0 Å². The van der Waals surface area contributed by atoms with Crippen molar-refractivity contribution >= 4 is 65.8 Å². The maximum absolute atomic E-state index is 13.1. The number of hydrogen-bond donors (Lipinski definition) is 2. The SMILES string of the molecule is CC(=O)OCC1OC(OC2C(COC(C)=O)OC(OC3C(COC(C)=O)OC(OCCCC[C@H](NC(=O)OCC4c5ccccc5-c5ccccc54)C(=O)O)C(OC(C)=O)C3OC(C)=O)C(OC(C)=O)C2OC(C)=O)CC(OC(C)=O)C1OC(C)=O. The zero-order valence-electron chi connectivity index (χ0n) is 48.7. The lowest BCUT2D eigenvalue weighted by Crippen LogP contribution is -2.67. The normalized spacial score (nSPS) is 27.0. The summed E-state index contributed by atoms with van der Waals surface area (Å²) in [6.45, 7) is 7.03. The summed E-state index contributed by atoms with van der Waals surface area (Å²) < 4.78 is 93.1. The summed E-state index contributed by atoms with van der Waals surface area (Å²) in [5.74, 6) is -9.72. The Balaban J connectivity index is 1.23. The fourth-order valence-corrected chi connectivity index (χ4v) is 10.3. The number of rotatable bonds is 26. The van der Waals surface area contributed by atoms with Gasteiger partial charge in [0.1, 0.15) is 69.1 Å². The molecule has 0 bridgehead atoms. The Morgan fingerprint density at radius 3 is 1.38 bits per heavy atom. The number of amides is 1. The van der Waals surface area contributed by atoms with Gasteiger partial charge in [0.2, 0.25) is 0 Å². The zero-order valence-corrected chi connectivity index (χ0v) is 48.7. The molecule has 29 nitrogen and oxygen atoms in total. The Kier molecular flexibility index (Phi) is 24.7. The van der Waals surface area contributed by atoms with Crippen molar-refractivity contribution < 1.29 is 134 Å². The summed E-state index contributed by atoms with van der Waals surface area (Å²) in [5.41, 5.74) is 3.93. The van der Waals surface area contributed by atoms with E-state index in [9.17, 15) is 57.8 Å². The number of fused-ring (bicyclic) bond motifs is 3. The quantitative estimate of drug-likeness (QED) is 0.0776. The van der Waals surface area contributed by atoms with Gasteiger partial charge in [-0.3, -0.25) is 43.2 Å². The summed E-state index contributed by atoms with van der Waals surface area (Å²) >= 11 is 0. The lowest BCUT2D eigenvalue weighted by atomic mass is 9.95. The summed E-state index contributed by atoms with van der Waals surface area (Å²) in [7, 11) is 0. The number of alkyl carbamates (subject to hydrolysis) is 1. The van der Waals surface area contributed by atoms with Crippen molar-refractivity contribution in [2.45, 2.75) is 186 Å². The molecule has 6 rings (SSSR count). The van der Waals surface area contributed by atoms with Gasteiger partial charge in [0.25, 0.3) is 0 Å². The number of ether oxygens (including phenoxy) is 16. The summed E-state index contributed by atoms with van der Waals surface area (Å²) in [4.78, 5) is 139. The minimum atomic E-state index is -2.00. The maximum atomic E-state index is 13.1. The van der Waals surface area contributed by atoms with E-state index >= 15 is 0 Å². The molecule has 14 unspecified atom stereocenters. The molecule has 1 aliphatic carbocycles. The third-order valence-corrected chi connectivity index (χ3v) is 13.6. The van der Waals surface area contributed by atoms with Crippen molar-refractivity contribution in [1.29, 1.82) is 0 Å². The van der Waals surface area contributed by atoms with Crippen molar-refractivity contribution in [3.8, 4) is 11.1 Å². The van der Waals surface area contributed by atoms with Crippen molar-refractivity contribution in [2.75, 3.05) is 33.0 Å². The van der Waals surface area contributed by atoms with Crippen molar-refractivity contribution in [3.05, 3.63) is 59.7 Å². The number of aliphatic carboxylic acids is 1. The molecule has 472 valence electrons. The molecule has 29 heteroatoms. The van der Waals surface area contributed by atoms with Crippen LogP contribution < -0.4 is 5.32 Å². The van der Waals surface area contributed by atoms with Crippen LogP contribution in [0.15, 0.2) is 48.5 Å². The van der Waals surface area contributed by atoms with E-state index in [0.29, 0.717) is 0 Å². The molecule has 0 radical (unpaired) electrons. The summed E-state index contributed by atoms with van der Waals surface area (Å²) in [6.07, 6.45) is -24.5. The maximum Gasteiger partial charge on any atom is 0.407 e. The highest BCUT2D eigenvalue weighted by molar-refractivity contribution is 5.81. The van der Waals surface area contributed by atoms with Crippen LogP contribution in [0.5, 0.6) is 0 Å². The number of esters is 9. The van der Waals surface area contributed by atoms with Crippen LogP contribution in [0.4, 0.5) is 4.79 Å². The fourth-order valence-electron chi connectivity index (χ4n) is 10.3. The number of carbonyl (C=O) groups excluding carboxylic acids is 10. The van der Waals surface area contributed by atoms with Crippen molar-refractivity contribution in [1.82, 2.24) is 5.32 Å². The third-order valence-electron chi connectivity index (χ3n) is 13.6. The topological polar surface area (TPSA) is 368 Å². The number of carbonyl (C=O) groups is 11. The van der Waals surface area contributed by atoms with Crippen molar-refractivity contribution in [3.63, 3.8) is 0 Å². The second-order valence-corrected chi connectivity index (χ2v) is 20.3. The first-order chi connectivity index (χ1) is 40.8. The number of hydrogen-bond acceptors (Lipinski definition) is 27. The van der Waals surface area contributed by atoms with Gasteiger partial charge in [0, 0.05) is 81.3 Å². The van der Waals surface area contributed by atoms with Gasteiger partial charge in [0.15, 0.2) is 49.4 Å². The third kappa shape index (κ3) is 19.1. The molecule has 15 atom stereocenters. The molecule has 0 aromatic heterocycles. The second kappa shape index (κ2) is 31.5. The molecule has 4 aliphatic rings. The van der Waals surface area contributed by atoms with Crippen LogP contribution in [-0.2, 0) is 124 Å². The highest BCUT2D eigenvalue weighted by Gasteiger charge is 2.58. The van der Waals surface area contributed by atoms with E-state index in [0.717, 1.165) is 84.6 Å². The minimum absolute atomic E-state index is 0.0617. The molecule has 2 aromatic rings. The van der Waals surface area contributed by atoms with Gasteiger partial charge in [-0.2, -0.15) is 0 Å². The first-order valence-electron chi connectivity index (χ1n) is 27.5. The predicted molar refractivity (Wildman–Crippen MR) is 283 cm³/mol. The van der Waals surface area contributed by atoms with Crippen LogP contribution in [-0.4, -0.2) is 196 Å². The average Bonchev–Trinajstić information content (AvgIpc) is 1.62. The molecule has 1 amide bonds. The monoisotopic (exact) mass is 1220 g/mol. The van der Waals surface area contributed by atoms with E-state index < -0.39 is 184 Å². The Morgan fingerprint density at radius 2 is 0.907 bits per heavy atom. The van der Waals surface area contributed by atoms with E-state index in [1.165, 1.54) is 0 Å². The molecule has 3 saturated heterocycles. The molecule has 3 fully saturated rings. The van der Waals surface area contributed by atoms with Gasteiger partial charge in [-0.1, -0.05) is 48.5 Å². The highest BCUT2D eigenvalue weighted by Crippen LogP contribution is 2.45. The Labute approximate surface area is 493 Å². The first kappa shape index (κ1) is 67.3. The Hall–Kier alpha value is -7.83. The average molecular weight is 1220 g/mol. The molecular weight excluding hydrogens is 1150 g/mol. The number of benzene rings is 2. The van der Waals surface area contributed by atoms with Gasteiger partial charge in [-0.25, -0.2) is 9.59 Å². The van der Waals surface area contributed by atoms with Crippen LogP contribution in [0.2, 0.25) is 0 Å². The number of carboxylic acids is 1. The van der Waals surface area contributed by atoms with Crippen molar-refractivity contribution in [2.24, 2.45) is 0 Å². The molecule has 0 spiro atoms. The lowest BCUT2D eigenvalue weighted by Gasteiger charge is -2.49. The summed E-state index contributed by atoms with van der Waals surface area (Å²) in [5, 5.41) is 12.5. The van der Waals surface area contributed by atoms with E-state index in [1.54, 1.807) is 0 Å². The van der Waals surface area contributed by atoms with Crippen LogP contribution in [0.1, 0.15) is 105 Å². The fraction of sp³-hybridized carbons (Fsp3) is 0.596. The van der Waals surface area contributed by atoms with Crippen LogP contribution in [0, 0.1) is 0 Å². The number of carboxylic acid groups (broad SMARTS) is 1. The molecule has 0 saturated carbocycles. The minimum Gasteiger partial charge on any atom is -0.480 e. The predicted octanol–water partition coefficient (Wildman–Crippen LogP) is 2.78. The van der Waals surface area contributed by atoms with Crippen LogP contribution in [0.25, 0.3) is 11.1 Å². The standard InChI is InChI=1S/C57H71NO28/c1-27(59)72-24-43-47(77-31(5)63)42(76-30(4)62)22-46(82-43)85-48-44(25-73-28(2)60)84-56(53(81-35(9)67)50(48)78-32(6)64)86-49-45(26-74-29(3)61)83-55(52(80-34(8)66)51(49)79-33(7)65)71-21-15-14-20-41(54(68)69)58-57(70)75-23-40-38-18-12-10-16-36(38)37-17-11-13-19-39(37)40/h10-13,16-19,40-53,55-56H,14-15,20-26H2,1-9H3,(H,58,70)(H,68,69)/t41-,42?,43?,44?,45?,46?,47?,48?,49?,50?,51?,52?,53?,55?,56?/m0/s1. The van der Waals surface area contributed by atoms with E-state index in [4.69, 9.17) is 75.8 Å². The molecule has 3 heterocycles. The number of nitrogens with one attached hydrogen (secondary N) is 1. The Morgan fingerprint density at radius 1 is 0.477 bits per heavy atom. The molecule has 3 aliphatic heterocycles. The van der Waals surface area contributed by atoms with Gasteiger partial charge >= 0.3 is 65.8 Å². The second-order valence-electron chi connectivity index (χ2n) is 20.3. The molecule has 2 aromatic carbocycles.